The van der Waals surface area contributed by atoms with Crippen molar-refractivity contribution in [2.45, 2.75) is 13.8 Å². The van der Waals surface area contributed by atoms with Crippen LogP contribution < -0.4 is 15.5 Å². The maximum Gasteiger partial charge on any atom is 0.270 e. The number of para-hydroxylation sites is 1. The van der Waals surface area contributed by atoms with Crippen LogP contribution in [0.25, 0.3) is 0 Å². The quantitative estimate of drug-likeness (QED) is 0.601. The Morgan fingerprint density at radius 3 is 2.30 bits per heavy atom. The summed E-state index contributed by atoms with van der Waals surface area (Å²) < 4.78 is 0. The van der Waals surface area contributed by atoms with Gasteiger partial charge in [0, 0.05) is 37.6 Å². The zero-order valence-corrected chi connectivity index (χ0v) is 15.7. The Balaban J connectivity index is 2.12. The van der Waals surface area contributed by atoms with Gasteiger partial charge in [0.15, 0.2) is 0 Å². The van der Waals surface area contributed by atoms with E-state index in [9.17, 15) is 19.7 Å². The fraction of sp³-hybridized carbons (Fsp3) is 0.263. The first-order valence-corrected chi connectivity index (χ1v) is 8.30. The van der Waals surface area contributed by atoms with Crippen LogP contribution in [0.5, 0.6) is 0 Å². The monoisotopic (exact) mass is 370 g/mol. The van der Waals surface area contributed by atoms with Crippen LogP contribution in [-0.4, -0.2) is 37.4 Å². The van der Waals surface area contributed by atoms with Gasteiger partial charge in [0.2, 0.25) is 5.91 Å². The van der Waals surface area contributed by atoms with E-state index in [0.29, 0.717) is 11.4 Å². The fourth-order valence-corrected chi connectivity index (χ4v) is 2.66. The molecule has 27 heavy (non-hydrogen) atoms. The van der Waals surface area contributed by atoms with E-state index in [0.717, 1.165) is 11.1 Å². The number of amides is 2. The number of rotatable bonds is 6. The number of carbonyl (C=O) groups excluding carboxylic acids is 2. The van der Waals surface area contributed by atoms with Crippen molar-refractivity contribution >= 4 is 28.9 Å². The van der Waals surface area contributed by atoms with Gasteiger partial charge >= 0.3 is 0 Å². The minimum absolute atomic E-state index is 0.133. The highest BCUT2D eigenvalue weighted by atomic mass is 16.6. The van der Waals surface area contributed by atoms with Crippen molar-refractivity contribution in [2.75, 3.05) is 30.9 Å². The lowest BCUT2D eigenvalue weighted by Crippen LogP contribution is -2.34. The topological polar surface area (TPSA) is 105 Å². The Hall–Kier alpha value is -3.42. The molecule has 0 fully saturated rings. The molecule has 2 aromatic rings. The first-order chi connectivity index (χ1) is 12.7. The summed E-state index contributed by atoms with van der Waals surface area (Å²) in [6.07, 6.45) is 0. The van der Waals surface area contributed by atoms with E-state index in [1.54, 1.807) is 19.0 Å². The van der Waals surface area contributed by atoms with E-state index in [-0.39, 0.29) is 23.7 Å². The number of nitrogens with zero attached hydrogens (tertiary/aromatic N) is 2. The van der Waals surface area contributed by atoms with Crippen molar-refractivity contribution in [1.82, 2.24) is 5.32 Å². The van der Waals surface area contributed by atoms with E-state index < -0.39 is 10.8 Å². The van der Waals surface area contributed by atoms with Crippen LogP contribution in [0, 0.1) is 24.0 Å². The van der Waals surface area contributed by atoms with Crippen molar-refractivity contribution in [3.8, 4) is 0 Å². The number of hydrogen-bond donors (Lipinski definition) is 2. The van der Waals surface area contributed by atoms with Gasteiger partial charge in [-0.05, 0) is 31.0 Å². The normalized spacial score (nSPS) is 10.2. The molecule has 0 saturated carbocycles. The number of aryl methyl sites for hydroxylation is 2. The van der Waals surface area contributed by atoms with E-state index in [2.05, 4.69) is 10.6 Å². The molecule has 8 nitrogen and oxygen atoms in total. The second-order valence-electron chi connectivity index (χ2n) is 6.35. The van der Waals surface area contributed by atoms with Crippen LogP contribution in [-0.2, 0) is 4.79 Å². The fourth-order valence-electron chi connectivity index (χ4n) is 2.66. The van der Waals surface area contributed by atoms with Crippen LogP contribution in [0.4, 0.5) is 17.1 Å². The molecule has 0 unspecified atom stereocenters. The van der Waals surface area contributed by atoms with Gasteiger partial charge in [-0.1, -0.05) is 18.2 Å². The number of nitrogens with one attached hydrogen (secondary N) is 2. The third-order valence-corrected chi connectivity index (χ3v) is 4.07. The molecule has 0 saturated heterocycles. The molecule has 142 valence electrons. The Bertz CT molecular complexity index is 873. The summed E-state index contributed by atoms with van der Waals surface area (Å²) in [5.74, 6) is -0.934. The van der Waals surface area contributed by atoms with Gasteiger partial charge in [-0.2, -0.15) is 0 Å². The lowest BCUT2D eigenvalue weighted by atomic mass is 10.1. The molecule has 0 aromatic heterocycles. The molecule has 0 spiro atoms. The van der Waals surface area contributed by atoms with E-state index in [4.69, 9.17) is 0 Å². The lowest BCUT2D eigenvalue weighted by Gasteiger charge is -2.17. The largest absolute Gasteiger partial charge is 0.377 e. The molecule has 0 aliphatic rings. The number of nitro groups is 1. The van der Waals surface area contributed by atoms with Gasteiger partial charge < -0.3 is 15.5 Å². The summed E-state index contributed by atoms with van der Waals surface area (Å²) in [6.45, 7) is 3.52. The van der Waals surface area contributed by atoms with Crippen molar-refractivity contribution in [1.29, 1.82) is 0 Å². The molecular formula is C19H22N4O4. The zero-order valence-electron chi connectivity index (χ0n) is 15.7. The second kappa shape index (κ2) is 8.31. The summed E-state index contributed by atoms with van der Waals surface area (Å²) in [7, 11) is 3.46. The molecule has 2 amide bonds. The third-order valence-electron chi connectivity index (χ3n) is 4.07. The van der Waals surface area contributed by atoms with Crippen molar-refractivity contribution in [3.63, 3.8) is 0 Å². The standard InChI is InChI=1S/C19H22N4O4/c1-12-6-5-7-13(2)18(12)21-17(24)11-20-19(25)15-10-14(23(26)27)8-9-16(15)22(3)4/h5-10H,11H2,1-4H3,(H,20,25)(H,21,24). The van der Waals surface area contributed by atoms with E-state index in [1.165, 1.54) is 18.2 Å². The molecular weight excluding hydrogens is 348 g/mol. The number of anilines is 2. The highest BCUT2D eigenvalue weighted by molar-refractivity contribution is 6.03. The summed E-state index contributed by atoms with van der Waals surface area (Å²) in [5, 5.41) is 16.3. The van der Waals surface area contributed by atoms with Gasteiger partial charge in [-0.3, -0.25) is 19.7 Å². The number of benzene rings is 2. The summed E-state index contributed by atoms with van der Waals surface area (Å²) >= 11 is 0. The summed E-state index contributed by atoms with van der Waals surface area (Å²) in [6, 6.07) is 9.70. The van der Waals surface area contributed by atoms with Crippen LogP contribution in [0.15, 0.2) is 36.4 Å². The lowest BCUT2D eigenvalue weighted by molar-refractivity contribution is -0.384. The minimum atomic E-state index is -0.566. The third kappa shape index (κ3) is 4.81. The van der Waals surface area contributed by atoms with E-state index in [1.807, 2.05) is 32.0 Å². The summed E-state index contributed by atoms with van der Waals surface area (Å²) in [5.41, 5.74) is 3.01. The number of non-ortho nitro benzene ring substituents is 1. The second-order valence-corrected chi connectivity index (χ2v) is 6.35. The highest BCUT2D eigenvalue weighted by Crippen LogP contribution is 2.24. The Morgan fingerprint density at radius 1 is 1.11 bits per heavy atom. The maximum absolute atomic E-state index is 12.5. The van der Waals surface area contributed by atoms with Crippen LogP contribution in [0.2, 0.25) is 0 Å². The molecule has 0 radical (unpaired) electrons. The predicted octanol–water partition coefficient (Wildman–Crippen LogP) is 2.65. The summed E-state index contributed by atoms with van der Waals surface area (Å²) in [4.78, 5) is 36.8. The first kappa shape index (κ1) is 19.9. The van der Waals surface area contributed by atoms with Gasteiger partial charge in [0.05, 0.1) is 17.0 Å². The average molecular weight is 370 g/mol. The predicted molar refractivity (Wildman–Crippen MR) is 104 cm³/mol. The molecule has 8 heteroatoms. The number of hydrogen-bond acceptors (Lipinski definition) is 5. The van der Waals surface area contributed by atoms with Gasteiger partial charge in [0.1, 0.15) is 0 Å². The van der Waals surface area contributed by atoms with Crippen molar-refractivity contribution in [2.24, 2.45) is 0 Å². The molecule has 0 heterocycles. The Morgan fingerprint density at radius 2 is 1.74 bits per heavy atom. The van der Waals surface area contributed by atoms with Crippen molar-refractivity contribution < 1.29 is 14.5 Å². The molecule has 0 aliphatic heterocycles. The van der Waals surface area contributed by atoms with Gasteiger partial charge in [-0.15, -0.1) is 0 Å². The molecule has 2 N–H and O–H groups in total. The maximum atomic E-state index is 12.5. The molecule has 0 aliphatic carbocycles. The zero-order chi connectivity index (χ0) is 20.1. The molecule has 0 atom stereocenters. The highest BCUT2D eigenvalue weighted by Gasteiger charge is 2.18. The van der Waals surface area contributed by atoms with Crippen molar-refractivity contribution in [3.05, 3.63) is 63.2 Å². The smallest absolute Gasteiger partial charge is 0.270 e. The molecule has 2 rings (SSSR count). The van der Waals surface area contributed by atoms with Gasteiger partial charge in [-0.25, -0.2) is 0 Å². The van der Waals surface area contributed by atoms with Crippen LogP contribution in [0.3, 0.4) is 0 Å². The first-order valence-electron chi connectivity index (χ1n) is 8.30. The number of carbonyl (C=O) groups is 2. The average Bonchev–Trinajstić information content (AvgIpc) is 2.62. The van der Waals surface area contributed by atoms with Crippen LogP contribution in [0.1, 0.15) is 21.5 Å². The van der Waals surface area contributed by atoms with E-state index >= 15 is 0 Å². The SMILES string of the molecule is Cc1cccc(C)c1NC(=O)CNC(=O)c1cc([N+](=O)[O-])ccc1N(C)C. The Labute approximate surface area is 157 Å². The number of nitro benzene ring substituents is 1. The minimum Gasteiger partial charge on any atom is -0.377 e. The van der Waals surface area contributed by atoms with Crippen LogP contribution >= 0.6 is 0 Å². The van der Waals surface area contributed by atoms with Gasteiger partial charge in [0.25, 0.3) is 11.6 Å². The Kier molecular flexibility index (Phi) is 6.12. The molecule has 0 bridgehead atoms. The molecule has 2 aromatic carbocycles.